The molecule has 1 aliphatic heterocycles. The van der Waals surface area contributed by atoms with Crippen molar-refractivity contribution >= 4 is 22.9 Å². The van der Waals surface area contributed by atoms with E-state index < -0.39 is 0 Å². The Balaban J connectivity index is 1.63. The smallest absolute Gasteiger partial charge is 0.264 e. The van der Waals surface area contributed by atoms with Gasteiger partial charge in [-0.15, -0.1) is 11.3 Å². The second kappa shape index (κ2) is 7.18. The molecule has 122 valence electrons. The third kappa shape index (κ3) is 3.58. The van der Waals surface area contributed by atoms with Gasteiger partial charge in [0.1, 0.15) is 0 Å². The number of piperazine rings is 1. The zero-order valence-corrected chi connectivity index (χ0v) is 14.7. The first-order valence-electron chi connectivity index (χ1n) is 8.37. The Hall–Kier alpha value is -1.81. The number of aryl methyl sites for hydroxylation is 2. The highest BCUT2D eigenvalue weighted by molar-refractivity contribution is 7.14. The molecule has 2 aromatic rings. The maximum atomic E-state index is 12.7. The van der Waals surface area contributed by atoms with Crippen LogP contribution in [0, 0.1) is 6.92 Å². The zero-order chi connectivity index (χ0) is 16.2. The van der Waals surface area contributed by atoms with Crippen LogP contribution in [0.3, 0.4) is 0 Å². The van der Waals surface area contributed by atoms with E-state index in [1.807, 2.05) is 11.0 Å². The molecular weight excluding hydrogens is 304 g/mol. The van der Waals surface area contributed by atoms with Gasteiger partial charge < -0.3 is 9.80 Å². The highest BCUT2D eigenvalue weighted by atomic mass is 32.1. The van der Waals surface area contributed by atoms with E-state index in [2.05, 4.69) is 49.1 Å². The number of rotatable bonds is 4. The highest BCUT2D eigenvalue weighted by Crippen LogP contribution is 2.25. The first kappa shape index (κ1) is 16.1. The fourth-order valence-electron chi connectivity index (χ4n) is 3.11. The number of amides is 1. The first-order chi connectivity index (χ1) is 11.2. The number of nitrogens with zero attached hydrogens (tertiary/aromatic N) is 2. The van der Waals surface area contributed by atoms with E-state index in [0.29, 0.717) is 0 Å². The minimum Gasteiger partial charge on any atom is -0.368 e. The minimum absolute atomic E-state index is 0.202. The summed E-state index contributed by atoms with van der Waals surface area (Å²) in [6.07, 6.45) is 2.19. The molecule has 0 unspecified atom stereocenters. The van der Waals surface area contributed by atoms with E-state index in [-0.39, 0.29) is 5.91 Å². The summed E-state index contributed by atoms with van der Waals surface area (Å²) in [6, 6.07) is 12.5. The lowest BCUT2D eigenvalue weighted by molar-refractivity contribution is 0.0751. The average Bonchev–Trinajstić information content (AvgIpc) is 2.96. The number of carbonyl (C=O) groups is 1. The molecule has 0 aliphatic carbocycles. The largest absolute Gasteiger partial charge is 0.368 e. The number of thiophene rings is 1. The molecule has 0 radical (unpaired) electrons. The minimum atomic E-state index is 0.202. The van der Waals surface area contributed by atoms with Crippen molar-refractivity contribution in [3.05, 3.63) is 51.7 Å². The maximum absolute atomic E-state index is 12.7. The van der Waals surface area contributed by atoms with E-state index in [1.54, 1.807) is 11.3 Å². The van der Waals surface area contributed by atoms with Crippen molar-refractivity contribution in [2.75, 3.05) is 31.1 Å². The Bertz CT molecular complexity index is 657. The Morgan fingerprint density at radius 3 is 2.48 bits per heavy atom. The third-order valence-electron chi connectivity index (χ3n) is 4.44. The maximum Gasteiger partial charge on any atom is 0.264 e. The Morgan fingerprint density at radius 1 is 1.13 bits per heavy atom. The van der Waals surface area contributed by atoms with Crippen molar-refractivity contribution in [1.82, 2.24) is 4.90 Å². The van der Waals surface area contributed by atoms with Gasteiger partial charge in [-0.1, -0.05) is 31.5 Å². The van der Waals surface area contributed by atoms with Crippen molar-refractivity contribution in [2.45, 2.75) is 26.7 Å². The lowest BCUT2D eigenvalue weighted by Crippen LogP contribution is -2.48. The van der Waals surface area contributed by atoms with Gasteiger partial charge in [0, 0.05) is 36.7 Å². The number of carbonyl (C=O) groups excluding carboxylic acids is 1. The molecule has 0 atom stereocenters. The van der Waals surface area contributed by atoms with Gasteiger partial charge in [0.25, 0.3) is 5.91 Å². The van der Waals surface area contributed by atoms with Crippen LogP contribution in [0.15, 0.2) is 36.4 Å². The predicted molar refractivity (Wildman–Crippen MR) is 97.6 cm³/mol. The summed E-state index contributed by atoms with van der Waals surface area (Å²) < 4.78 is 0. The number of hydrogen-bond donors (Lipinski definition) is 0. The molecule has 1 fully saturated rings. The summed E-state index contributed by atoms with van der Waals surface area (Å²) in [5, 5.41) is 0. The van der Waals surface area contributed by atoms with Gasteiger partial charge in [-0.25, -0.2) is 0 Å². The van der Waals surface area contributed by atoms with Crippen LogP contribution in [0.4, 0.5) is 5.69 Å². The summed E-state index contributed by atoms with van der Waals surface area (Å²) in [7, 11) is 0. The van der Waals surface area contributed by atoms with Gasteiger partial charge in [0.2, 0.25) is 0 Å². The average molecular weight is 328 g/mol. The molecule has 3 nitrogen and oxygen atoms in total. The molecule has 0 N–H and O–H groups in total. The molecule has 1 aliphatic rings. The number of hydrogen-bond acceptors (Lipinski definition) is 3. The van der Waals surface area contributed by atoms with Gasteiger partial charge in [0.05, 0.1) is 4.88 Å². The van der Waals surface area contributed by atoms with Gasteiger partial charge in [-0.3, -0.25) is 4.79 Å². The van der Waals surface area contributed by atoms with Gasteiger partial charge in [-0.05, 0) is 37.1 Å². The number of benzene rings is 1. The summed E-state index contributed by atoms with van der Waals surface area (Å²) in [6.45, 7) is 7.71. The van der Waals surface area contributed by atoms with Crippen LogP contribution in [0.2, 0.25) is 0 Å². The lowest BCUT2D eigenvalue weighted by Gasteiger charge is -2.36. The summed E-state index contributed by atoms with van der Waals surface area (Å²) in [5.74, 6) is 0.202. The monoisotopic (exact) mass is 328 g/mol. The van der Waals surface area contributed by atoms with Crippen molar-refractivity contribution in [3.8, 4) is 0 Å². The molecule has 0 spiro atoms. The van der Waals surface area contributed by atoms with Crippen LogP contribution < -0.4 is 4.90 Å². The molecule has 3 rings (SSSR count). The fourth-order valence-corrected chi connectivity index (χ4v) is 4.14. The molecule has 23 heavy (non-hydrogen) atoms. The van der Waals surface area contributed by atoms with E-state index in [4.69, 9.17) is 0 Å². The van der Waals surface area contributed by atoms with Crippen molar-refractivity contribution in [2.24, 2.45) is 0 Å². The van der Waals surface area contributed by atoms with Gasteiger partial charge >= 0.3 is 0 Å². The molecule has 2 heterocycles. The van der Waals surface area contributed by atoms with E-state index in [9.17, 15) is 4.79 Å². The summed E-state index contributed by atoms with van der Waals surface area (Å²) in [5.41, 5.74) is 2.58. The van der Waals surface area contributed by atoms with Crippen LogP contribution in [0.25, 0.3) is 0 Å². The Morgan fingerprint density at radius 2 is 1.83 bits per heavy atom. The zero-order valence-electron chi connectivity index (χ0n) is 13.9. The summed E-state index contributed by atoms with van der Waals surface area (Å²) in [4.78, 5) is 19.3. The van der Waals surface area contributed by atoms with Gasteiger partial charge in [-0.2, -0.15) is 0 Å². The summed E-state index contributed by atoms with van der Waals surface area (Å²) >= 11 is 1.65. The first-order valence-corrected chi connectivity index (χ1v) is 9.19. The van der Waals surface area contributed by atoms with Gasteiger partial charge in [0.15, 0.2) is 0 Å². The lowest BCUT2D eigenvalue weighted by atomic mass is 10.1. The van der Waals surface area contributed by atoms with Crippen LogP contribution in [-0.4, -0.2) is 37.0 Å². The Kier molecular flexibility index (Phi) is 5.01. The van der Waals surface area contributed by atoms with Crippen molar-refractivity contribution in [1.29, 1.82) is 0 Å². The molecule has 1 aromatic heterocycles. The highest BCUT2D eigenvalue weighted by Gasteiger charge is 2.23. The van der Waals surface area contributed by atoms with E-state index in [1.165, 1.54) is 16.1 Å². The normalized spacial score (nSPS) is 15.0. The van der Waals surface area contributed by atoms with Crippen LogP contribution >= 0.6 is 11.3 Å². The molecule has 0 bridgehead atoms. The number of anilines is 1. The quantitative estimate of drug-likeness (QED) is 0.848. The molecule has 1 saturated heterocycles. The van der Waals surface area contributed by atoms with Crippen molar-refractivity contribution in [3.63, 3.8) is 0 Å². The van der Waals surface area contributed by atoms with Crippen LogP contribution in [-0.2, 0) is 6.42 Å². The SMILES string of the molecule is CCCc1cc(C(=O)N2CCN(c3ccccc3)CC2)sc1C. The molecular formula is C19H24N2OS. The second-order valence-electron chi connectivity index (χ2n) is 6.06. The third-order valence-corrected chi connectivity index (χ3v) is 5.52. The predicted octanol–water partition coefficient (Wildman–Crippen LogP) is 3.97. The van der Waals surface area contributed by atoms with E-state index >= 15 is 0 Å². The second-order valence-corrected chi connectivity index (χ2v) is 7.31. The Labute approximate surface area is 142 Å². The molecule has 1 aromatic carbocycles. The topological polar surface area (TPSA) is 23.6 Å². The van der Waals surface area contributed by atoms with Crippen molar-refractivity contribution < 1.29 is 4.79 Å². The van der Waals surface area contributed by atoms with Crippen LogP contribution in [0.5, 0.6) is 0 Å². The fraction of sp³-hybridized carbons (Fsp3) is 0.421. The molecule has 1 amide bonds. The molecule has 0 saturated carbocycles. The standard InChI is InChI=1S/C19H24N2OS/c1-3-7-16-14-18(23-15(16)2)19(22)21-12-10-20(11-13-21)17-8-5-4-6-9-17/h4-6,8-9,14H,3,7,10-13H2,1-2H3. The van der Waals surface area contributed by atoms with Crippen LogP contribution in [0.1, 0.15) is 33.5 Å². The van der Waals surface area contributed by atoms with E-state index in [0.717, 1.165) is 43.9 Å². The molecule has 4 heteroatoms. The number of para-hydroxylation sites is 1.